The predicted molar refractivity (Wildman–Crippen MR) is 97.5 cm³/mol. The number of hydrogen-bond donors (Lipinski definition) is 1. The fraction of sp³-hybridized carbons (Fsp3) is 0.278. The molecular formula is C18H20ClN5O. The van der Waals surface area contributed by atoms with Gasteiger partial charge in [-0.3, -0.25) is 14.2 Å². The summed E-state index contributed by atoms with van der Waals surface area (Å²) in [4.78, 5) is 12.3. The Morgan fingerprint density at radius 3 is 2.76 bits per heavy atom. The molecule has 0 fully saturated rings. The summed E-state index contributed by atoms with van der Waals surface area (Å²) >= 11 is 5.84. The maximum absolute atomic E-state index is 12.3. The average molecular weight is 358 g/mol. The lowest BCUT2D eigenvalue weighted by Gasteiger charge is -2.11. The summed E-state index contributed by atoms with van der Waals surface area (Å²) in [6, 6.07) is 8.27. The molecule has 0 saturated carbocycles. The van der Waals surface area contributed by atoms with Gasteiger partial charge in [-0.25, -0.2) is 0 Å². The van der Waals surface area contributed by atoms with Crippen molar-refractivity contribution >= 4 is 23.2 Å². The summed E-state index contributed by atoms with van der Waals surface area (Å²) in [5.41, 5.74) is 3.07. The molecule has 7 heteroatoms. The Labute approximate surface area is 151 Å². The van der Waals surface area contributed by atoms with Gasteiger partial charge in [-0.15, -0.1) is 0 Å². The Balaban J connectivity index is 1.57. The van der Waals surface area contributed by atoms with Crippen molar-refractivity contribution in [2.75, 3.05) is 5.32 Å². The van der Waals surface area contributed by atoms with Crippen LogP contribution in [0.4, 0.5) is 5.69 Å². The second-order valence-corrected chi connectivity index (χ2v) is 6.62. The summed E-state index contributed by atoms with van der Waals surface area (Å²) in [5, 5.41) is 11.8. The molecule has 6 nitrogen and oxygen atoms in total. The number of benzene rings is 1. The van der Waals surface area contributed by atoms with Crippen molar-refractivity contribution < 1.29 is 4.79 Å². The lowest BCUT2D eigenvalue weighted by molar-refractivity contribution is -0.119. The smallest absolute Gasteiger partial charge is 0.229 e. The van der Waals surface area contributed by atoms with Gasteiger partial charge in [-0.1, -0.05) is 48.4 Å². The molecule has 0 spiro atoms. The van der Waals surface area contributed by atoms with Gasteiger partial charge in [-0.2, -0.15) is 10.2 Å². The number of anilines is 1. The van der Waals surface area contributed by atoms with Crippen LogP contribution < -0.4 is 5.32 Å². The maximum atomic E-state index is 12.3. The van der Waals surface area contributed by atoms with Crippen LogP contribution in [0.5, 0.6) is 0 Å². The molecule has 0 aliphatic rings. The highest BCUT2D eigenvalue weighted by molar-refractivity contribution is 6.30. The van der Waals surface area contributed by atoms with Crippen LogP contribution in [0.25, 0.3) is 0 Å². The van der Waals surface area contributed by atoms with Gasteiger partial charge in [0.1, 0.15) is 0 Å². The third-order valence-electron chi connectivity index (χ3n) is 3.84. The van der Waals surface area contributed by atoms with Crippen LogP contribution >= 0.6 is 11.6 Å². The zero-order chi connectivity index (χ0) is 17.8. The van der Waals surface area contributed by atoms with Gasteiger partial charge in [0.2, 0.25) is 5.91 Å². The van der Waals surface area contributed by atoms with E-state index in [2.05, 4.69) is 40.6 Å². The zero-order valence-electron chi connectivity index (χ0n) is 14.2. The molecule has 0 saturated heterocycles. The number of aryl methyl sites for hydroxylation is 1. The van der Waals surface area contributed by atoms with Gasteiger partial charge in [0.15, 0.2) is 0 Å². The Morgan fingerprint density at radius 1 is 1.24 bits per heavy atom. The number of nitrogens with zero attached hydrogens (tertiary/aromatic N) is 4. The van der Waals surface area contributed by atoms with Crippen molar-refractivity contribution in [3.8, 4) is 0 Å². The highest BCUT2D eigenvalue weighted by Gasteiger charge is 2.15. The molecule has 0 bridgehead atoms. The summed E-state index contributed by atoms with van der Waals surface area (Å²) < 4.78 is 3.47. The standard InChI is InChI=1S/C18H20ClN5O/c1-13-4-3-5-15(6-13)10-24-12-17(8-21-24)22-18(25)14(2)9-23-11-16(19)7-20-23/h3-8,11-12,14H,9-10H2,1-2H3,(H,22,25). The molecular weight excluding hydrogens is 338 g/mol. The van der Waals surface area contributed by atoms with E-state index in [4.69, 9.17) is 11.6 Å². The van der Waals surface area contributed by atoms with E-state index in [1.165, 1.54) is 11.1 Å². The maximum Gasteiger partial charge on any atom is 0.229 e. The minimum absolute atomic E-state index is 0.0817. The Kier molecular flexibility index (Phi) is 5.19. The molecule has 0 aliphatic heterocycles. The van der Waals surface area contributed by atoms with E-state index in [1.54, 1.807) is 23.3 Å². The molecule has 3 rings (SSSR count). The van der Waals surface area contributed by atoms with E-state index in [-0.39, 0.29) is 11.8 Å². The number of nitrogens with one attached hydrogen (secondary N) is 1. The lowest BCUT2D eigenvalue weighted by Crippen LogP contribution is -2.24. The predicted octanol–water partition coefficient (Wildman–Crippen LogP) is 3.36. The quantitative estimate of drug-likeness (QED) is 0.735. The van der Waals surface area contributed by atoms with E-state index in [1.807, 2.05) is 23.9 Å². The van der Waals surface area contributed by atoms with Crippen LogP contribution in [0.2, 0.25) is 5.02 Å². The number of carbonyl (C=O) groups excluding carboxylic acids is 1. The van der Waals surface area contributed by atoms with Gasteiger partial charge in [0.25, 0.3) is 0 Å². The van der Waals surface area contributed by atoms with Crippen LogP contribution in [0.15, 0.2) is 49.1 Å². The van der Waals surface area contributed by atoms with Crippen LogP contribution in [-0.2, 0) is 17.9 Å². The Morgan fingerprint density at radius 2 is 2.04 bits per heavy atom. The van der Waals surface area contributed by atoms with Gasteiger partial charge < -0.3 is 5.32 Å². The van der Waals surface area contributed by atoms with Gasteiger partial charge >= 0.3 is 0 Å². The molecule has 3 aromatic rings. The largest absolute Gasteiger partial charge is 0.323 e. The molecule has 1 aromatic carbocycles. The minimum atomic E-state index is -0.240. The minimum Gasteiger partial charge on any atom is -0.323 e. The van der Waals surface area contributed by atoms with E-state index < -0.39 is 0 Å². The third-order valence-corrected chi connectivity index (χ3v) is 4.03. The average Bonchev–Trinajstić information content (AvgIpc) is 3.16. The molecule has 2 aromatic heterocycles. The summed E-state index contributed by atoms with van der Waals surface area (Å²) in [7, 11) is 0. The second kappa shape index (κ2) is 7.53. The van der Waals surface area contributed by atoms with E-state index >= 15 is 0 Å². The summed E-state index contributed by atoms with van der Waals surface area (Å²) in [6.45, 7) is 5.05. The molecule has 1 unspecified atom stereocenters. The Hall–Kier alpha value is -2.60. The number of carbonyl (C=O) groups is 1. The normalized spacial score (nSPS) is 12.1. The zero-order valence-corrected chi connectivity index (χ0v) is 14.9. The van der Waals surface area contributed by atoms with Gasteiger partial charge in [0, 0.05) is 12.4 Å². The summed E-state index contributed by atoms with van der Waals surface area (Å²) in [5.74, 6) is -0.321. The molecule has 1 atom stereocenters. The highest BCUT2D eigenvalue weighted by atomic mass is 35.5. The lowest BCUT2D eigenvalue weighted by atomic mass is 10.1. The van der Waals surface area contributed by atoms with E-state index in [0.29, 0.717) is 23.8 Å². The number of amides is 1. The first-order valence-corrected chi connectivity index (χ1v) is 8.44. The number of aromatic nitrogens is 4. The van der Waals surface area contributed by atoms with E-state index in [9.17, 15) is 4.79 Å². The van der Waals surface area contributed by atoms with Crippen molar-refractivity contribution in [1.82, 2.24) is 19.6 Å². The van der Waals surface area contributed by atoms with Crippen LogP contribution in [0.3, 0.4) is 0 Å². The van der Waals surface area contributed by atoms with Crippen molar-refractivity contribution in [2.24, 2.45) is 5.92 Å². The third kappa shape index (κ3) is 4.70. The number of rotatable bonds is 6. The van der Waals surface area contributed by atoms with Gasteiger partial charge in [0.05, 0.1) is 42.1 Å². The van der Waals surface area contributed by atoms with Crippen molar-refractivity contribution in [3.63, 3.8) is 0 Å². The fourth-order valence-electron chi connectivity index (χ4n) is 2.58. The molecule has 130 valence electrons. The number of hydrogen-bond acceptors (Lipinski definition) is 3. The monoisotopic (exact) mass is 357 g/mol. The first-order valence-electron chi connectivity index (χ1n) is 8.06. The second-order valence-electron chi connectivity index (χ2n) is 6.19. The molecule has 1 amide bonds. The van der Waals surface area contributed by atoms with Crippen LogP contribution in [0.1, 0.15) is 18.1 Å². The van der Waals surface area contributed by atoms with Crippen molar-refractivity contribution in [1.29, 1.82) is 0 Å². The SMILES string of the molecule is Cc1cccc(Cn2cc(NC(=O)C(C)Cn3cc(Cl)cn3)cn2)c1. The van der Waals surface area contributed by atoms with Crippen LogP contribution in [0, 0.1) is 12.8 Å². The highest BCUT2D eigenvalue weighted by Crippen LogP contribution is 2.12. The number of halogens is 1. The fourth-order valence-corrected chi connectivity index (χ4v) is 2.74. The molecule has 25 heavy (non-hydrogen) atoms. The van der Waals surface area contributed by atoms with Crippen LogP contribution in [-0.4, -0.2) is 25.5 Å². The van der Waals surface area contributed by atoms with E-state index in [0.717, 1.165) is 0 Å². The molecule has 1 N–H and O–H groups in total. The molecule has 0 radical (unpaired) electrons. The molecule has 0 aliphatic carbocycles. The van der Waals surface area contributed by atoms with Crippen molar-refractivity contribution in [2.45, 2.75) is 26.9 Å². The summed E-state index contributed by atoms with van der Waals surface area (Å²) in [6.07, 6.45) is 6.75. The first-order chi connectivity index (χ1) is 12.0. The van der Waals surface area contributed by atoms with Crippen molar-refractivity contribution in [3.05, 3.63) is 65.2 Å². The molecule has 2 heterocycles. The van der Waals surface area contributed by atoms with Gasteiger partial charge in [-0.05, 0) is 12.5 Å². The Bertz CT molecular complexity index is 870. The first kappa shape index (κ1) is 17.2. The topological polar surface area (TPSA) is 64.7 Å².